The van der Waals surface area contributed by atoms with E-state index in [-0.39, 0.29) is 5.91 Å². The predicted octanol–water partition coefficient (Wildman–Crippen LogP) is -1.12. The smallest absolute Gasteiger partial charge is 0.424 e. The summed E-state index contributed by atoms with van der Waals surface area (Å²) >= 11 is 0. The molecule has 1 amide bonds. The van der Waals surface area contributed by atoms with Gasteiger partial charge in [0.2, 0.25) is 5.91 Å². The molecule has 2 fully saturated rings. The van der Waals surface area contributed by atoms with Gasteiger partial charge in [-0.2, -0.15) is 0 Å². The Hall–Kier alpha value is -1.38. The van der Waals surface area contributed by atoms with Crippen LogP contribution in [0.5, 0.6) is 0 Å². The van der Waals surface area contributed by atoms with Crippen LogP contribution in [0.3, 0.4) is 0 Å². The molecule has 8 nitrogen and oxygen atoms in total. The highest BCUT2D eigenvalue weighted by molar-refractivity contribution is 5.76. The number of fused-ring (bicyclic) bond motifs is 1. The molecule has 0 bridgehead atoms. The Morgan fingerprint density at radius 3 is 2.68 bits per heavy atom. The number of carbonyl (C=O) groups excluding carboxylic acids is 2. The molecule has 0 spiro atoms. The average Bonchev–Trinajstić information content (AvgIpc) is 2.74. The molecule has 1 unspecified atom stereocenters. The van der Waals surface area contributed by atoms with E-state index in [2.05, 4.69) is 5.32 Å². The highest BCUT2D eigenvalue weighted by Gasteiger charge is 2.54. The number of ether oxygens (including phenoxy) is 3. The molecule has 5 atom stereocenters. The van der Waals surface area contributed by atoms with E-state index in [1.807, 2.05) is 6.92 Å². The molecular weight excluding hydrogens is 258 g/mol. The summed E-state index contributed by atoms with van der Waals surface area (Å²) in [5.41, 5.74) is 0. The molecule has 0 aliphatic carbocycles. The molecule has 0 saturated carbocycles. The van der Waals surface area contributed by atoms with Gasteiger partial charge in [-0.25, -0.2) is 4.79 Å². The van der Waals surface area contributed by atoms with Crippen LogP contribution in [0.4, 0.5) is 4.79 Å². The van der Waals surface area contributed by atoms with E-state index >= 15 is 0 Å². The van der Waals surface area contributed by atoms with Gasteiger partial charge < -0.3 is 29.7 Å². The van der Waals surface area contributed by atoms with Crippen LogP contribution in [0.15, 0.2) is 0 Å². The van der Waals surface area contributed by atoms with Gasteiger partial charge in [0.25, 0.3) is 0 Å². The first-order valence-corrected chi connectivity index (χ1v) is 6.17. The van der Waals surface area contributed by atoms with E-state index < -0.39 is 43.4 Å². The molecule has 3 N–H and O–H groups in total. The number of hydrogen-bond donors (Lipinski definition) is 3. The number of aliphatic hydroxyl groups excluding tert-OH is 2. The summed E-state index contributed by atoms with van der Waals surface area (Å²) in [4.78, 5) is 22.7. The summed E-state index contributed by atoms with van der Waals surface area (Å²) in [6.45, 7) is 1.42. The minimum atomic E-state index is -1.37. The Balaban J connectivity index is 2.09. The number of rotatable bonds is 4. The third kappa shape index (κ3) is 2.80. The third-order valence-corrected chi connectivity index (χ3v) is 3.11. The lowest BCUT2D eigenvalue weighted by Crippen LogP contribution is -2.63. The van der Waals surface area contributed by atoms with Gasteiger partial charge in [-0.3, -0.25) is 4.79 Å². The molecule has 8 heteroatoms. The molecule has 2 heterocycles. The Bertz CT molecular complexity index is 361. The van der Waals surface area contributed by atoms with Gasteiger partial charge in [0.15, 0.2) is 18.5 Å². The van der Waals surface area contributed by atoms with Gasteiger partial charge in [0, 0.05) is 6.42 Å². The second-order valence-corrected chi connectivity index (χ2v) is 4.51. The second-order valence-electron chi connectivity index (χ2n) is 4.51. The van der Waals surface area contributed by atoms with Crippen molar-refractivity contribution in [1.82, 2.24) is 5.32 Å². The first-order valence-electron chi connectivity index (χ1n) is 6.17. The van der Waals surface area contributed by atoms with Crippen molar-refractivity contribution in [1.29, 1.82) is 0 Å². The van der Waals surface area contributed by atoms with Crippen molar-refractivity contribution < 1.29 is 34.0 Å². The fraction of sp³-hybridized carbons (Fsp3) is 0.818. The lowest BCUT2D eigenvalue weighted by atomic mass is 9.97. The van der Waals surface area contributed by atoms with Crippen LogP contribution < -0.4 is 5.32 Å². The Kier molecular flexibility index (Phi) is 4.23. The lowest BCUT2D eigenvalue weighted by Gasteiger charge is -2.38. The summed E-state index contributed by atoms with van der Waals surface area (Å²) in [7, 11) is 0. The number of nitrogens with one attached hydrogen (secondary N) is 1. The zero-order chi connectivity index (χ0) is 14.0. The van der Waals surface area contributed by atoms with E-state index in [1.54, 1.807) is 0 Å². The van der Waals surface area contributed by atoms with Crippen LogP contribution in [0.25, 0.3) is 0 Å². The van der Waals surface area contributed by atoms with E-state index in [4.69, 9.17) is 19.3 Å². The van der Waals surface area contributed by atoms with Gasteiger partial charge in [-0.1, -0.05) is 6.92 Å². The zero-order valence-corrected chi connectivity index (χ0v) is 10.4. The first kappa shape index (κ1) is 14.0. The zero-order valence-electron chi connectivity index (χ0n) is 10.4. The summed E-state index contributed by atoms with van der Waals surface area (Å²) in [6.07, 6.45) is -3.90. The van der Waals surface area contributed by atoms with Crippen LogP contribution in [0.1, 0.15) is 19.8 Å². The average molecular weight is 275 g/mol. The fourth-order valence-electron chi connectivity index (χ4n) is 2.24. The fourth-order valence-corrected chi connectivity index (χ4v) is 2.24. The minimum absolute atomic E-state index is 0.278. The van der Waals surface area contributed by atoms with Gasteiger partial charge in [0.05, 0.1) is 6.61 Å². The lowest BCUT2D eigenvalue weighted by molar-refractivity contribution is -0.230. The third-order valence-electron chi connectivity index (χ3n) is 3.11. The van der Waals surface area contributed by atoms with Crippen molar-refractivity contribution in [3.63, 3.8) is 0 Å². The topological polar surface area (TPSA) is 114 Å². The Labute approximate surface area is 109 Å². The summed E-state index contributed by atoms with van der Waals surface area (Å²) < 4.78 is 14.9. The predicted molar refractivity (Wildman–Crippen MR) is 59.9 cm³/mol. The maximum absolute atomic E-state index is 11.6. The maximum Gasteiger partial charge on any atom is 0.509 e. The normalized spacial score (nSPS) is 37.2. The van der Waals surface area contributed by atoms with E-state index in [0.29, 0.717) is 12.8 Å². The van der Waals surface area contributed by atoms with Crippen molar-refractivity contribution in [2.45, 2.75) is 50.4 Å². The Morgan fingerprint density at radius 2 is 2.05 bits per heavy atom. The highest BCUT2D eigenvalue weighted by atomic mass is 16.8. The van der Waals surface area contributed by atoms with Crippen molar-refractivity contribution in [2.75, 3.05) is 6.61 Å². The molecule has 19 heavy (non-hydrogen) atoms. The molecular formula is C11H17NO7. The standard InChI is InChI=1S/C11H17NO7/c1-2-3-6(14)12-7-9-8(18-11(16)19-9)5(4-13)17-10(7)15/h5,7-10,13,15H,2-4H2,1H3,(H,12,14)/t5-,7-,8-,9-,10?/m1/s1. The summed E-state index contributed by atoms with van der Waals surface area (Å²) in [5.74, 6) is -0.278. The molecule has 2 saturated heterocycles. The molecule has 0 radical (unpaired) electrons. The second kappa shape index (κ2) is 5.72. The van der Waals surface area contributed by atoms with Gasteiger partial charge in [0.1, 0.15) is 12.1 Å². The SMILES string of the molecule is CCCC(=O)N[C@H]1C(O)O[C@H](CO)[C@H]2OC(=O)O[C@@H]21. The molecule has 0 aromatic heterocycles. The van der Waals surface area contributed by atoms with Gasteiger partial charge in [-0.05, 0) is 6.42 Å². The molecule has 0 aromatic carbocycles. The van der Waals surface area contributed by atoms with Crippen molar-refractivity contribution in [3.05, 3.63) is 0 Å². The van der Waals surface area contributed by atoms with Crippen LogP contribution >= 0.6 is 0 Å². The minimum Gasteiger partial charge on any atom is -0.424 e. The highest BCUT2D eigenvalue weighted by Crippen LogP contribution is 2.30. The quantitative estimate of drug-likeness (QED) is 0.557. The van der Waals surface area contributed by atoms with E-state index in [0.717, 1.165) is 0 Å². The van der Waals surface area contributed by atoms with Crippen molar-refractivity contribution in [2.24, 2.45) is 0 Å². The van der Waals surface area contributed by atoms with Crippen molar-refractivity contribution >= 4 is 12.1 Å². The molecule has 2 aliphatic heterocycles. The largest absolute Gasteiger partial charge is 0.509 e. The van der Waals surface area contributed by atoms with Crippen LogP contribution in [-0.4, -0.2) is 59.5 Å². The number of aliphatic hydroxyl groups is 2. The van der Waals surface area contributed by atoms with Crippen LogP contribution in [0, 0.1) is 0 Å². The number of carbonyl (C=O) groups is 2. The number of hydrogen-bond acceptors (Lipinski definition) is 7. The monoisotopic (exact) mass is 275 g/mol. The van der Waals surface area contributed by atoms with Crippen LogP contribution in [0.2, 0.25) is 0 Å². The maximum atomic E-state index is 11.6. The van der Waals surface area contributed by atoms with E-state index in [9.17, 15) is 14.7 Å². The Morgan fingerprint density at radius 1 is 1.37 bits per heavy atom. The molecule has 108 valence electrons. The van der Waals surface area contributed by atoms with Crippen LogP contribution in [-0.2, 0) is 19.0 Å². The van der Waals surface area contributed by atoms with E-state index in [1.165, 1.54) is 0 Å². The molecule has 0 aromatic rings. The van der Waals surface area contributed by atoms with Gasteiger partial charge >= 0.3 is 6.16 Å². The molecule has 2 aliphatic rings. The molecule has 2 rings (SSSR count). The first-order chi connectivity index (χ1) is 9.06. The summed E-state index contributed by atoms with van der Waals surface area (Å²) in [6, 6.07) is -0.904. The van der Waals surface area contributed by atoms with Gasteiger partial charge in [-0.15, -0.1) is 0 Å². The van der Waals surface area contributed by atoms with Crippen molar-refractivity contribution in [3.8, 4) is 0 Å². The summed E-state index contributed by atoms with van der Waals surface area (Å²) in [5, 5.41) is 21.5. The number of amides is 1.